The number of nitro benzene ring substituents is 1. The van der Waals surface area contributed by atoms with Crippen LogP contribution in [0.15, 0.2) is 48.5 Å². The fourth-order valence-electron chi connectivity index (χ4n) is 3.18. The summed E-state index contributed by atoms with van der Waals surface area (Å²) in [6.07, 6.45) is 0. The number of hydrogen-bond donors (Lipinski definition) is 1. The SMILES string of the molecule is Cc1ccc(C(CNC(=O)c2nnn(-c3cccc([N+](=O)[O-])c3)c2C)N(C)C)cc1. The molecule has 1 N–H and O–H groups in total. The van der Waals surface area contributed by atoms with E-state index in [0.29, 0.717) is 17.9 Å². The first-order valence-electron chi connectivity index (χ1n) is 9.46. The third kappa shape index (κ3) is 4.52. The fourth-order valence-corrected chi connectivity index (χ4v) is 3.18. The van der Waals surface area contributed by atoms with E-state index in [1.807, 2.05) is 38.1 Å². The van der Waals surface area contributed by atoms with Crippen LogP contribution in [0.3, 0.4) is 0 Å². The summed E-state index contributed by atoms with van der Waals surface area (Å²) in [6.45, 7) is 4.14. The van der Waals surface area contributed by atoms with Crippen molar-refractivity contribution in [1.82, 2.24) is 25.2 Å². The number of amides is 1. The molecule has 0 aliphatic heterocycles. The molecule has 156 valence electrons. The van der Waals surface area contributed by atoms with Crippen molar-refractivity contribution in [3.8, 4) is 5.69 Å². The lowest BCUT2D eigenvalue weighted by Gasteiger charge is -2.25. The van der Waals surface area contributed by atoms with Crippen molar-refractivity contribution in [2.75, 3.05) is 20.6 Å². The van der Waals surface area contributed by atoms with E-state index in [2.05, 4.69) is 27.8 Å². The minimum atomic E-state index is -0.476. The summed E-state index contributed by atoms with van der Waals surface area (Å²) in [7, 11) is 3.92. The van der Waals surface area contributed by atoms with Crippen LogP contribution < -0.4 is 5.32 Å². The lowest BCUT2D eigenvalue weighted by molar-refractivity contribution is -0.384. The minimum Gasteiger partial charge on any atom is -0.349 e. The van der Waals surface area contributed by atoms with E-state index in [9.17, 15) is 14.9 Å². The number of nitrogens with zero attached hydrogens (tertiary/aromatic N) is 5. The lowest BCUT2D eigenvalue weighted by Crippen LogP contribution is -2.35. The Labute approximate surface area is 174 Å². The molecular formula is C21H24N6O3. The molecule has 3 rings (SSSR count). The Kier molecular flexibility index (Phi) is 6.22. The predicted molar refractivity (Wildman–Crippen MR) is 113 cm³/mol. The number of benzene rings is 2. The van der Waals surface area contributed by atoms with Gasteiger partial charge in [-0.2, -0.15) is 0 Å². The molecule has 0 spiro atoms. The van der Waals surface area contributed by atoms with E-state index < -0.39 is 4.92 Å². The third-order valence-electron chi connectivity index (χ3n) is 4.94. The molecule has 0 saturated carbocycles. The topological polar surface area (TPSA) is 106 Å². The molecule has 2 aromatic carbocycles. The smallest absolute Gasteiger partial charge is 0.273 e. The summed E-state index contributed by atoms with van der Waals surface area (Å²) in [5.41, 5.74) is 3.38. The maximum absolute atomic E-state index is 12.7. The first-order valence-corrected chi connectivity index (χ1v) is 9.46. The number of rotatable bonds is 7. The highest BCUT2D eigenvalue weighted by Gasteiger charge is 2.21. The van der Waals surface area contributed by atoms with Crippen molar-refractivity contribution in [2.24, 2.45) is 0 Å². The number of likely N-dealkylation sites (N-methyl/N-ethyl adjacent to an activating group) is 1. The number of nitro groups is 1. The van der Waals surface area contributed by atoms with Gasteiger partial charge in [-0.1, -0.05) is 41.1 Å². The molecule has 1 unspecified atom stereocenters. The van der Waals surface area contributed by atoms with Gasteiger partial charge in [-0.25, -0.2) is 4.68 Å². The van der Waals surface area contributed by atoms with E-state index in [-0.39, 0.29) is 23.3 Å². The molecule has 0 aliphatic rings. The van der Waals surface area contributed by atoms with Gasteiger partial charge in [0.15, 0.2) is 5.69 Å². The molecule has 0 bridgehead atoms. The van der Waals surface area contributed by atoms with Gasteiger partial charge in [-0.05, 0) is 39.6 Å². The predicted octanol–water partition coefficient (Wildman–Crippen LogP) is 2.83. The Morgan fingerprint density at radius 2 is 1.90 bits per heavy atom. The van der Waals surface area contributed by atoms with E-state index >= 15 is 0 Å². The second-order valence-electron chi connectivity index (χ2n) is 7.31. The van der Waals surface area contributed by atoms with Crippen molar-refractivity contribution in [3.05, 3.63) is 81.2 Å². The molecule has 0 radical (unpaired) electrons. The van der Waals surface area contributed by atoms with Crippen LogP contribution >= 0.6 is 0 Å². The molecule has 1 aromatic heterocycles. The zero-order valence-corrected chi connectivity index (χ0v) is 17.4. The monoisotopic (exact) mass is 408 g/mol. The molecule has 0 aliphatic carbocycles. The van der Waals surface area contributed by atoms with Gasteiger partial charge in [0.05, 0.1) is 22.3 Å². The number of carbonyl (C=O) groups excluding carboxylic acids is 1. The Morgan fingerprint density at radius 1 is 1.20 bits per heavy atom. The molecule has 9 nitrogen and oxygen atoms in total. The molecule has 1 heterocycles. The van der Waals surface area contributed by atoms with E-state index in [0.717, 1.165) is 5.56 Å². The maximum atomic E-state index is 12.7. The van der Waals surface area contributed by atoms with Gasteiger partial charge in [0.1, 0.15) is 0 Å². The van der Waals surface area contributed by atoms with Gasteiger partial charge < -0.3 is 10.2 Å². The molecular weight excluding hydrogens is 384 g/mol. The highest BCUT2D eigenvalue weighted by molar-refractivity contribution is 5.93. The zero-order valence-electron chi connectivity index (χ0n) is 17.4. The van der Waals surface area contributed by atoms with Crippen LogP contribution in [0.25, 0.3) is 5.69 Å². The Bertz CT molecular complexity index is 1060. The highest BCUT2D eigenvalue weighted by atomic mass is 16.6. The Morgan fingerprint density at radius 3 is 2.53 bits per heavy atom. The van der Waals surface area contributed by atoms with Crippen LogP contribution in [0.5, 0.6) is 0 Å². The van der Waals surface area contributed by atoms with Crippen molar-refractivity contribution < 1.29 is 9.72 Å². The lowest BCUT2D eigenvalue weighted by atomic mass is 10.0. The number of non-ortho nitro benzene ring substituents is 1. The number of aromatic nitrogens is 3. The molecule has 0 saturated heterocycles. The maximum Gasteiger partial charge on any atom is 0.273 e. The van der Waals surface area contributed by atoms with Crippen LogP contribution in [0, 0.1) is 24.0 Å². The number of nitrogens with one attached hydrogen (secondary N) is 1. The second kappa shape index (κ2) is 8.83. The molecule has 0 fully saturated rings. The molecule has 1 atom stereocenters. The van der Waals surface area contributed by atoms with Gasteiger partial charge in [-0.3, -0.25) is 14.9 Å². The third-order valence-corrected chi connectivity index (χ3v) is 4.94. The average molecular weight is 408 g/mol. The standard InChI is InChI=1S/C21H24N6O3/c1-14-8-10-16(11-9-14)19(25(3)4)13-22-21(28)20-15(2)26(24-23-20)17-6-5-7-18(12-17)27(29)30/h5-12,19H,13H2,1-4H3,(H,22,28). The van der Waals surface area contributed by atoms with Crippen LogP contribution in [-0.2, 0) is 0 Å². The van der Waals surface area contributed by atoms with Crippen molar-refractivity contribution in [2.45, 2.75) is 19.9 Å². The van der Waals surface area contributed by atoms with Crippen LogP contribution in [-0.4, -0.2) is 51.4 Å². The fraction of sp³-hybridized carbons (Fsp3) is 0.286. The Hall–Kier alpha value is -3.59. The van der Waals surface area contributed by atoms with Gasteiger partial charge in [-0.15, -0.1) is 5.10 Å². The van der Waals surface area contributed by atoms with Crippen molar-refractivity contribution in [1.29, 1.82) is 0 Å². The number of carbonyl (C=O) groups is 1. The van der Waals surface area contributed by atoms with Gasteiger partial charge >= 0.3 is 0 Å². The molecule has 30 heavy (non-hydrogen) atoms. The van der Waals surface area contributed by atoms with Gasteiger partial charge in [0, 0.05) is 18.7 Å². The Balaban J connectivity index is 1.77. The van der Waals surface area contributed by atoms with Gasteiger partial charge in [0.25, 0.3) is 11.6 Å². The summed E-state index contributed by atoms with van der Waals surface area (Å²) < 4.78 is 1.42. The highest BCUT2D eigenvalue weighted by Crippen LogP contribution is 2.20. The average Bonchev–Trinajstić information content (AvgIpc) is 3.10. The molecule has 1 amide bonds. The zero-order chi connectivity index (χ0) is 21.8. The van der Waals surface area contributed by atoms with Crippen molar-refractivity contribution in [3.63, 3.8) is 0 Å². The number of aryl methyl sites for hydroxylation is 1. The van der Waals surface area contributed by atoms with E-state index in [1.165, 1.54) is 22.4 Å². The van der Waals surface area contributed by atoms with Crippen LogP contribution in [0.2, 0.25) is 0 Å². The van der Waals surface area contributed by atoms with E-state index in [4.69, 9.17) is 0 Å². The summed E-state index contributed by atoms with van der Waals surface area (Å²) in [4.78, 5) is 25.3. The molecule has 3 aromatic rings. The first-order chi connectivity index (χ1) is 14.3. The van der Waals surface area contributed by atoms with E-state index in [1.54, 1.807) is 19.1 Å². The first kappa shape index (κ1) is 21.1. The minimum absolute atomic E-state index is 0.00155. The summed E-state index contributed by atoms with van der Waals surface area (Å²) in [6, 6.07) is 14.2. The van der Waals surface area contributed by atoms with Crippen LogP contribution in [0.4, 0.5) is 5.69 Å². The largest absolute Gasteiger partial charge is 0.349 e. The van der Waals surface area contributed by atoms with Gasteiger partial charge in [0.2, 0.25) is 0 Å². The molecule has 9 heteroatoms. The second-order valence-corrected chi connectivity index (χ2v) is 7.31. The summed E-state index contributed by atoms with van der Waals surface area (Å²) in [5.74, 6) is -0.344. The van der Waals surface area contributed by atoms with Crippen molar-refractivity contribution >= 4 is 11.6 Å². The quantitative estimate of drug-likeness (QED) is 0.476. The normalized spacial score (nSPS) is 12.0. The summed E-state index contributed by atoms with van der Waals surface area (Å²) in [5, 5.41) is 21.9. The van der Waals surface area contributed by atoms with Crippen LogP contribution in [0.1, 0.15) is 33.4 Å². The summed E-state index contributed by atoms with van der Waals surface area (Å²) >= 11 is 0. The number of hydrogen-bond acceptors (Lipinski definition) is 6.